The SMILES string of the molecule is CCP(=O)(S)OC(C)(C)CCOC(C)(C)CCC(=O)NC(CCC(=O)NC(CCC(=O)NCCOCCON)C(=O)NCCOCCON)C(=O)NCCOCCON. The topological polar surface area (TPSA) is 314 Å². The van der Waals surface area contributed by atoms with Gasteiger partial charge in [-0.3, -0.25) is 28.5 Å². The molecule has 0 spiro atoms. The summed E-state index contributed by atoms with van der Waals surface area (Å²) in [4.78, 5) is 78.5. The molecular formula is C35H71N8O14PS. The first-order valence-electron chi connectivity index (χ1n) is 19.7. The Morgan fingerprint density at radius 1 is 0.576 bits per heavy atom. The van der Waals surface area contributed by atoms with Crippen molar-refractivity contribution in [3.63, 3.8) is 0 Å². The van der Waals surface area contributed by atoms with Gasteiger partial charge in [-0.15, -0.1) is 0 Å². The van der Waals surface area contributed by atoms with E-state index in [-0.39, 0.29) is 130 Å². The molecule has 0 rings (SSSR count). The fourth-order valence-electron chi connectivity index (χ4n) is 4.90. The zero-order valence-corrected chi connectivity index (χ0v) is 37.1. The lowest BCUT2D eigenvalue weighted by Gasteiger charge is -2.31. The molecule has 0 aliphatic carbocycles. The molecule has 0 saturated carbocycles. The smallest absolute Gasteiger partial charge is 0.254 e. The number of amides is 5. The van der Waals surface area contributed by atoms with E-state index in [1.165, 1.54) is 0 Å². The van der Waals surface area contributed by atoms with Crippen LogP contribution in [0.4, 0.5) is 0 Å². The third kappa shape index (κ3) is 32.0. The van der Waals surface area contributed by atoms with Crippen LogP contribution in [-0.4, -0.2) is 145 Å². The summed E-state index contributed by atoms with van der Waals surface area (Å²) in [5, 5.41) is 13.4. The van der Waals surface area contributed by atoms with Crippen LogP contribution in [0.25, 0.3) is 0 Å². The molecule has 3 unspecified atom stereocenters. The Hall–Kier alpha value is -2.51. The lowest BCUT2D eigenvalue weighted by Crippen LogP contribution is -2.50. The number of rotatable bonds is 38. The summed E-state index contributed by atoms with van der Waals surface area (Å²) in [6.07, 6.45) is 0.486. The van der Waals surface area contributed by atoms with Gasteiger partial charge < -0.3 is 64.6 Å². The second-order valence-corrected chi connectivity index (χ2v) is 18.3. The van der Waals surface area contributed by atoms with E-state index in [4.69, 9.17) is 41.2 Å². The summed E-state index contributed by atoms with van der Waals surface area (Å²) in [5.74, 6) is 12.4. The molecule has 11 N–H and O–H groups in total. The molecule has 59 heavy (non-hydrogen) atoms. The highest BCUT2D eigenvalue weighted by atomic mass is 32.7. The summed E-state index contributed by atoms with van der Waals surface area (Å²) >= 11 is 4.13. The Balaban J connectivity index is 5.51. The van der Waals surface area contributed by atoms with Crippen molar-refractivity contribution in [1.82, 2.24) is 26.6 Å². The third-order valence-electron chi connectivity index (χ3n) is 8.26. The number of carbonyl (C=O) groups is 5. The summed E-state index contributed by atoms with van der Waals surface area (Å²) in [6.45, 7) is 8.32. The average molecular weight is 891 g/mol. The molecule has 0 aromatic rings. The van der Waals surface area contributed by atoms with Crippen molar-refractivity contribution in [2.24, 2.45) is 17.7 Å². The lowest BCUT2D eigenvalue weighted by atomic mass is 10.0. The van der Waals surface area contributed by atoms with E-state index < -0.39 is 53.5 Å². The van der Waals surface area contributed by atoms with Gasteiger partial charge >= 0.3 is 0 Å². The molecule has 0 radical (unpaired) electrons. The van der Waals surface area contributed by atoms with Gasteiger partial charge in [0.05, 0.1) is 77.3 Å². The van der Waals surface area contributed by atoms with Crippen LogP contribution in [0.15, 0.2) is 0 Å². The zero-order valence-electron chi connectivity index (χ0n) is 35.3. The predicted molar refractivity (Wildman–Crippen MR) is 220 cm³/mol. The minimum atomic E-state index is -3.02. The van der Waals surface area contributed by atoms with Crippen molar-refractivity contribution < 1.29 is 66.5 Å². The number of thiol groups is 1. The number of ether oxygens (including phenoxy) is 4. The van der Waals surface area contributed by atoms with Crippen molar-refractivity contribution in [3.8, 4) is 0 Å². The fourth-order valence-corrected chi connectivity index (χ4v) is 6.55. The molecule has 346 valence electrons. The molecule has 0 saturated heterocycles. The van der Waals surface area contributed by atoms with Gasteiger partial charge in [0.25, 0.3) is 6.57 Å². The second-order valence-electron chi connectivity index (χ2n) is 14.4. The van der Waals surface area contributed by atoms with Crippen LogP contribution in [0.1, 0.15) is 79.6 Å². The second kappa shape index (κ2) is 33.2. The van der Waals surface area contributed by atoms with Gasteiger partial charge in [-0.05, 0) is 53.4 Å². The first-order valence-corrected chi connectivity index (χ1v) is 22.6. The van der Waals surface area contributed by atoms with Crippen LogP contribution in [0.2, 0.25) is 0 Å². The molecule has 0 bridgehead atoms. The number of hydrogen-bond acceptors (Lipinski definition) is 17. The normalized spacial score (nSPS) is 13.8. The quantitative estimate of drug-likeness (QED) is 0.0163. The fraction of sp³-hybridized carbons (Fsp3) is 0.857. The first kappa shape index (κ1) is 56.5. The summed E-state index contributed by atoms with van der Waals surface area (Å²) in [6, 6.07) is -2.23. The largest absolute Gasteiger partial charge is 0.377 e. The standard InChI is InChI=1S/C35H71N8O14PS/c1-6-58(49,59)57-35(4,5)13-17-53-34(2,3)12-11-31(46)43-28(33(48)41-16-20-52-23-26-56-38)8-10-30(45)42-27(32(47)40-15-19-51-22-25-55-37)7-9-29(44)39-14-18-50-21-24-54-36/h27-28H,6-26,36-38H2,1-5H3,(H,39,44)(H,40,47)(H,41,48)(H,42,45)(H,43,46)(H,49,59). The zero-order chi connectivity index (χ0) is 44.6. The maximum Gasteiger partial charge on any atom is 0.254 e. The van der Waals surface area contributed by atoms with Gasteiger partial charge in [0, 0.05) is 45.1 Å². The molecule has 0 fully saturated rings. The Kier molecular flexibility index (Phi) is 31.7. The van der Waals surface area contributed by atoms with E-state index in [2.05, 4.69) is 53.3 Å². The van der Waals surface area contributed by atoms with Crippen LogP contribution in [0, 0.1) is 0 Å². The predicted octanol–water partition coefficient (Wildman–Crippen LogP) is -0.511. The maximum absolute atomic E-state index is 13.2. The van der Waals surface area contributed by atoms with Crippen LogP contribution < -0.4 is 44.3 Å². The number of carbonyl (C=O) groups excluding carboxylic acids is 5. The monoisotopic (exact) mass is 890 g/mol. The van der Waals surface area contributed by atoms with E-state index >= 15 is 0 Å². The van der Waals surface area contributed by atoms with Crippen LogP contribution in [0.3, 0.4) is 0 Å². The summed E-state index contributed by atoms with van der Waals surface area (Å²) in [5.41, 5.74) is -1.49. The molecule has 0 aliphatic rings. The number of nitrogens with one attached hydrogen (secondary N) is 5. The van der Waals surface area contributed by atoms with Gasteiger partial charge in [-0.2, -0.15) is 0 Å². The molecule has 5 amide bonds. The Morgan fingerprint density at radius 3 is 1.44 bits per heavy atom. The van der Waals surface area contributed by atoms with Gasteiger partial charge in [-0.1, -0.05) is 19.2 Å². The van der Waals surface area contributed by atoms with E-state index in [0.717, 1.165) is 0 Å². The molecule has 22 nitrogen and oxygen atoms in total. The number of hydrogen-bond donors (Lipinski definition) is 9. The molecule has 0 aliphatic heterocycles. The number of nitrogens with two attached hydrogens (primary N) is 3. The van der Waals surface area contributed by atoms with Crippen molar-refractivity contribution in [2.75, 3.05) is 91.9 Å². The van der Waals surface area contributed by atoms with E-state index in [1.54, 1.807) is 20.8 Å². The highest BCUT2D eigenvalue weighted by Gasteiger charge is 2.30. The summed E-state index contributed by atoms with van der Waals surface area (Å²) in [7, 11) is 0. The van der Waals surface area contributed by atoms with Crippen molar-refractivity contribution in [2.45, 2.75) is 103 Å². The lowest BCUT2D eigenvalue weighted by molar-refractivity contribution is -0.132. The van der Waals surface area contributed by atoms with Crippen molar-refractivity contribution >= 4 is 48.4 Å². The van der Waals surface area contributed by atoms with Crippen LogP contribution in [0.5, 0.6) is 0 Å². The molecule has 3 atom stereocenters. The molecular weight excluding hydrogens is 819 g/mol. The Labute approximate surface area is 353 Å². The first-order chi connectivity index (χ1) is 27.9. The molecule has 0 aromatic carbocycles. The molecule has 24 heteroatoms. The van der Waals surface area contributed by atoms with Crippen LogP contribution in [-0.2, 0) is 66.5 Å². The van der Waals surface area contributed by atoms with Gasteiger partial charge in [0.2, 0.25) is 29.5 Å². The molecule has 0 aromatic heterocycles. The van der Waals surface area contributed by atoms with Crippen molar-refractivity contribution in [1.29, 1.82) is 0 Å². The highest BCUT2D eigenvalue weighted by molar-refractivity contribution is 8.46. The van der Waals surface area contributed by atoms with Gasteiger partial charge in [-0.25, -0.2) is 17.7 Å². The third-order valence-corrected chi connectivity index (χ3v) is 10.9. The maximum atomic E-state index is 13.2. The molecule has 0 heterocycles. The van der Waals surface area contributed by atoms with Crippen molar-refractivity contribution in [3.05, 3.63) is 0 Å². The van der Waals surface area contributed by atoms with Gasteiger partial charge in [0.1, 0.15) is 12.1 Å². The Morgan fingerprint density at radius 2 is 1.00 bits per heavy atom. The summed E-state index contributed by atoms with van der Waals surface area (Å²) < 4.78 is 40.0. The van der Waals surface area contributed by atoms with Crippen LogP contribution >= 0.6 is 18.8 Å². The Bertz CT molecular complexity index is 1260. The van der Waals surface area contributed by atoms with E-state index in [9.17, 15) is 28.5 Å². The van der Waals surface area contributed by atoms with Gasteiger partial charge in [0.15, 0.2) is 0 Å². The average Bonchev–Trinajstić information content (AvgIpc) is 3.17. The van der Waals surface area contributed by atoms with E-state index in [1.807, 2.05) is 13.8 Å². The highest BCUT2D eigenvalue weighted by Crippen LogP contribution is 2.54. The van der Waals surface area contributed by atoms with E-state index in [0.29, 0.717) is 12.8 Å². The minimum Gasteiger partial charge on any atom is -0.377 e. The minimum absolute atomic E-state index is 0.00570.